The quantitative estimate of drug-likeness (QED) is 0.696. The first kappa shape index (κ1) is 12.1. The molecule has 3 rings (SSSR count). The maximum Gasteiger partial charge on any atom is 0.224 e. The molecule has 0 atom stereocenters. The monoisotopic (exact) mass is 289 g/mol. The third-order valence-electron chi connectivity index (χ3n) is 2.51. The molecule has 4 nitrogen and oxygen atoms in total. The van der Waals surface area contributed by atoms with Crippen LogP contribution in [0.1, 0.15) is 15.4 Å². The summed E-state index contributed by atoms with van der Waals surface area (Å²) in [5, 5.41) is 8.28. The van der Waals surface area contributed by atoms with E-state index >= 15 is 0 Å². The van der Waals surface area contributed by atoms with Crippen molar-refractivity contribution in [2.24, 2.45) is 0 Å². The molecule has 0 amide bonds. The fourth-order valence-corrected chi connectivity index (χ4v) is 2.61. The third-order valence-corrected chi connectivity index (χ3v) is 3.74. The second-order valence-electron chi connectivity index (χ2n) is 3.79. The Labute approximate surface area is 118 Å². The van der Waals surface area contributed by atoms with Crippen LogP contribution in [0.4, 0.5) is 0 Å². The first-order valence-corrected chi connectivity index (χ1v) is 6.71. The number of hydrogen-bond donors (Lipinski definition) is 0. The lowest BCUT2D eigenvalue weighted by Crippen LogP contribution is -2.03. The summed E-state index contributed by atoms with van der Waals surface area (Å²) < 4.78 is 0.582. The average Bonchev–Trinajstić information content (AvgIpc) is 3.08. The minimum Gasteiger partial charge on any atom is -0.286 e. The Morgan fingerprint density at radius 1 is 1.16 bits per heavy atom. The highest BCUT2D eigenvalue weighted by atomic mass is 35.5. The molecule has 2 heterocycles. The molecule has 0 saturated carbocycles. The van der Waals surface area contributed by atoms with E-state index in [0.717, 1.165) is 5.69 Å². The van der Waals surface area contributed by atoms with Crippen LogP contribution in [0.2, 0.25) is 4.34 Å². The summed E-state index contributed by atoms with van der Waals surface area (Å²) in [6, 6.07) is 12.8. The largest absolute Gasteiger partial charge is 0.286 e. The smallest absolute Gasteiger partial charge is 0.224 e. The van der Waals surface area contributed by atoms with Crippen molar-refractivity contribution in [3.63, 3.8) is 0 Å². The number of aromatic nitrogens is 3. The fraction of sp³-hybridized carbons (Fsp3) is 0. The molecule has 0 aliphatic carbocycles. The van der Waals surface area contributed by atoms with Crippen LogP contribution < -0.4 is 0 Å². The molecule has 0 spiro atoms. The van der Waals surface area contributed by atoms with Crippen LogP contribution >= 0.6 is 22.9 Å². The van der Waals surface area contributed by atoms with Gasteiger partial charge in [-0.15, -0.1) is 16.4 Å². The summed E-state index contributed by atoms with van der Waals surface area (Å²) in [6.45, 7) is 0. The number of benzene rings is 1. The number of hydrogen-bond acceptors (Lipinski definition) is 4. The molecule has 0 fully saturated rings. The van der Waals surface area contributed by atoms with Gasteiger partial charge < -0.3 is 0 Å². The summed E-state index contributed by atoms with van der Waals surface area (Å²) >= 11 is 7.05. The van der Waals surface area contributed by atoms with Crippen molar-refractivity contribution in [3.05, 3.63) is 63.6 Å². The van der Waals surface area contributed by atoms with Crippen LogP contribution in [0, 0.1) is 0 Å². The molecule has 0 radical (unpaired) electrons. The first-order chi connectivity index (χ1) is 9.24. The molecule has 0 bridgehead atoms. The van der Waals surface area contributed by atoms with Crippen molar-refractivity contribution < 1.29 is 4.79 Å². The number of carbonyl (C=O) groups excluding carboxylic acids is 1. The standard InChI is InChI=1S/C13H8ClN3OS/c14-12-7-6-11(19-12)13(18)10-8-15-17(16-10)9-4-2-1-3-5-9/h1-8H. The molecule has 1 aromatic carbocycles. The molecular formula is C13H8ClN3OS. The molecule has 0 unspecified atom stereocenters. The van der Waals surface area contributed by atoms with E-state index in [2.05, 4.69) is 10.2 Å². The second kappa shape index (κ2) is 4.95. The first-order valence-electron chi connectivity index (χ1n) is 5.52. The topological polar surface area (TPSA) is 47.8 Å². The number of ketones is 1. The highest BCUT2D eigenvalue weighted by molar-refractivity contribution is 7.18. The highest BCUT2D eigenvalue weighted by Crippen LogP contribution is 2.23. The lowest BCUT2D eigenvalue weighted by molar-refractivity contribution is 0.103. The lowest BCUT2D eigenvalue weighted by Gasteiger charge is -1.97. The molecule has 0 N–H and O–H groups in total. The molecule has 2 aromatic heterocycles. The number of para-hydroxylation sites is 1. The Hall–Kier alpha value is -1.98. The molecular weight excluding hydrogens is 282 g/mol. The van der Waals surface area contributed by atoms with Crippen LogP contribution in [0.15, 0.2) is 48.7 Å². The van der Waals surface area contributed by atoms with Crippen LogP contribution in [0.3, 0.4) is 0 Å². The molecule has 0 aliphatic rings. The lowest BCUT2D eigenvalue weighted by atomic mass is 10.2. The van der Waals surface area contributed by atoms with Gasteiger partial charge in [-0.3, -0.25) is 4.79 Å². The Morgan fingerprint density at radius 2 is 1.95 bits per heavy atom. The van der Waals surface area contributed by atoms with Crippen molar-refractivity contribution in [3.8, 4) is 5.69 Å². The number of nitrogens with zero attached hydrogens (tertiary/aromatic N) is 3. The normalized spacial score (nSPS) is 10.6. The van der Waals surface area contributed by atoms with Gasteiger partial charge in [-0.2, -0.15) is 9.90 Å². The Morgan fingerprint density at radius 3 is 2.63 bits per heavy atom. The van der Waals surface area contributed by atoms with Crippen molar-refractivity contribution in [1.82, 2.24) is 15.0 Å². The van der Waals surface area contributed by atoms with Gasteiger partial charge in [-0.25, -0.2) is 0 Å². The Bertz CT molecular complexity index is 720. The van der Waals surface area contributed by atoms with Gasteiger partial charge in [0, 0.05) is 0 Å². The zero-order valence-electron chi connectivity index (χ0n) is 9.65. The summed E-state index contributed by atoms with van der Waals surface area (Å²) in [5.41, 5.74) is 1.12. The van der Waals surface area contributed by atoms with E-state index in [1.165, 1.54) is 22.3 Å². The van der Waals surface area contributed by atoms with Gasteiger partial charge in [0.25, 0.3) is 0 Å². The van der Waals surface area contributed by atoms with Gasteiger partial charge in [0.15, 0.2) is 5.69 Å². The zero-order chi connectivity index (χ0) is 13.2. The Kier molecular flexibility index (Phi) is 3.15. The second-order valence-corrected chi connectivity index (χ2v) is 5.50. The van der Waals surface area contributed by atoms with E-state index in [4.69, 9.17) is 11.6 Å². The van der Waals surface area contributed by atoms with Crippen molar-refractivity contribution >= 4 is 28.7 Å². The number of halogens is 1. The number of thiophene rings is 1. The van der Waals surface area contributed by atoms with E-state index < -0.39 is 0 Å². The van der Waals surface area contributed by atoms with Crippen molar-refractivity contribution in [2.75, 3.05) is 0 Å². The molecule has 19 heavy (non-hydrogen) atoms. The van der Waals surface area contributed by atoms with Crippen LogP contribution in [-0.4, -0.2) is 20.8 Å². The van der Waals surface area contributed by atoms with Gasteiger partial charge in [0.05, 0.1) is 21.1 Å². The van der Waals surface area contributed by atoms with Crippen molar-refractivity contribution in [1.29, 1.82) is 0 Å². The minimum atomic E-state index is -0.168. The fourth-order valence-electron chi connectivity index (χ4n) is 1.62. The molecule has 3 aromatic rings. The van der Waals surface area contributed by atoms with E-state index in [9.17, 15) is 4.79 Å². The third kappa shape index (κ3) is 2.43. The van der Waals surface area contributed by atoms with E-state index in [1.807, 2.05) is 30.3 Å². The maximum atomic E-state index is 12.1. The minimum absolute atomic E-state index is 0.168. The van der Waals surface area contributed by atoms with E-state index in [-0.39, 0.29) is 5.78 Å². The van der Waals surface area contributed by atoms with Gasteiger partial charge in [-0.1, -0.05) is 29.8 Å². The van der Waals surface area contributed by atoms with Crippen LogP contribution in [-0.2, 0) is 0 Å². The Balaban J connectivity index is 1.92. The summed E-state index contributed by atoms with van der Waals surface area (Å²) in [5.74, 6) is -0.168. The SMILES string of the molecule is O=C(c1cnn(-c2ccccc2)n1)c1ccc(Cl)s1. The van der Waals surface area contributed by atoms with Crippen LogP contribution in [0.5, 0.6) is 0 Å². The predicted molar refractivity (Wildman–Crippen MR) is 74.1 cm³/mol. The van der Waals surface area contributed by atoms with Crippen molar-refractivity contribution in [2.45, 2.75) is 0 Å². The highest BCUT2D eigenvalue weighted by Gasteiger charge is 2.15. The van der Waals surface area contributed by atoms with Gasteiger partial charge >= 0.3 is 0 Å². The summed E-state index contributed by atoms with van der Waals surface area (Å²) in [6.07, 6.45) is 1.46. The predicted octanol–water partition coefficient (Wildman–Crippen LogP) is 3.21. The molecule has 6 heteroatoms. The average molecular weight is 290 g/mol. The van der Waals surface area contributed by atoms with E-state index in [0.29, 0.717) is 14.9 Å². The summed E-state index contributed by atoms with van der Waals surface area (Å²) in [7, 11) is 0. The van der Waals surface area contributed by atoms with Gasteiger partial charge in [0.2, 0.25) is 5.78 Å². The van der Waals surface area contributed by atoms with Gasteiger partial charge in [-0.05, 0) is 24.3 Å². The molecule has 0 saturated heterocycles. The molecule has 94 valence electrons. The van der Waals surface area contributed by atoms with Gasteiger partial charge in [0.1, 0.15) is 0 Å². The van der Waals surface area contributed by atoms with E-state index in [1.54, 1.807) is 12.1 Å². The summed E-state index contributed by atoms with van der Waals surface area (Å²) in [4.78, 5) is 14.1. The maximum absolute atomic E-state index is 12.1. The molecule has 0 aliphatic heterocycles. The van der Waals surface area contributed by atoms with Crippen LogP contribution in [0.25, 0.3) is 5.69 Å². The number of carbonyl (C=O) groups is 1. The number of rotatable bonds is 3. The zero-order valence-corrected chi connectivity index (χ0v) is 11.2.